The topological polar surface area (TPSA) is 116 Å². The van der Waals surface area contributed by atoms with Crippen LogP contribution in [0.15, 0.2) is 60.7 Å². The molecule has 6 heteroatoms. The number of rotatable bonds is 9. The average molecular weight is 356 g/mol. The van der Waals surface area contributed by atoms with Crippen molar-refractivity contribution in [2.24, 2.45) is 11.5 Å². The van der Waals surface area contributed by atoms with Crippen LogP contribution in [0.2, 0.25) is 0 Å². The SMILES string of the molecule is NC(CC(OC(=O)[C@@H](N)CCc1ccccc1)c1ccccc1)C(=O)O. The molecule has 0 spiro atoms. The monoisotopic (exact) mass is 356 g/mol. The van der Waals surface area contributed by atoms with Gasteiger partial charge in [-0.2, -0.15) is 0 Å². The zero-order valence-electron chi connectivity index (χ0n) is 14.5. The molecule has 0 aliphatic heterocycles. The van der Waals surface area contributed by atoms with Gasteiger partial charge < -0.3 is 21.3 Å². The van der Waals surface area contributed by atoms with Crippen LogP contribution >= 0.6 is 0 Å². The molecule has 0 aliphatic rings. The van der Waals surface area contributed by atoms with E-state index in [0.717, 1.165) is 5.56 Å². The number of aryl methyl sites for hydroxylation is 1. The first-order chi connectivity index (χ1) is 12.5. The van der Waals surface area contributed by atoms with Crippen LogP contribution in [-0.2, 0) is 20.7 Å². The lowest BCUT2D eigenvalue weighted by Gasteiger charge is -2.22. The Bertz CT molecular complexity index is 706. The van der Waals surface area contributed by atoms with Crippen LogP contribution < -0.4 is 11.5 Å². The molecule has 6 nitrogen and oxygen atoms in total. The third-order valence-electron chi connectivity index (χ3n) is 4.10. The van der Waals surface area contributed by atoms with Gasteiger partial charge in [-0.3, -0.25) is 9.59 Å². The van der Waals surface area contributed by atoms with E-state index in [1.165, 1.54) is 0 Å². The first kappa shape index (κ1) is 19.6. The number of benzene rings is 2. The summed E-state index contributed by atoms with van der Waals surface area (Å²) >= 11 is 0. The summed E-state index contributed by atoms with van der Waals surface area (Å²) in [6, 6.07) is 16.7. The van der Waals surface area contributed by atoms with Crippen molar-refractivity contribution in [3.05, 3.63) is 71.8 Å². The Morgan fingerprint density at radius 1 is 0.923 bits per heavy atom. The third kappa shape index (κ3) is 5.98. The van der Waals surface area contributed by atoms with Crippen molar-refractivity contribution in [1.82, 2.24) is 0 Å². The molecule has 0 amide bonds. The van der Waals surface area contributed by atoms with Gasteiger partial charge in [0, 0.05) is 6.42 Å². The minimum Gasteiger partial charge on any atom is -0.480 e. The highest BCUT2D eigenvalue weighted by molar-refractivity contribution is 5.76. The second-order valence-electron chi connectivity index (χ2n) is 6.15. The van der Waals surface area contributed by atoms with Gasteiger partial charge in [-0.15, -0.1) is 0 Å². The number of aliphatic carboxylic acids is 1. The van der Waals surface area contributed by atoms with Gasteiger partial charge in [-0.1, -0.05) is 60.7 Å². The Balaban J connectivity index is 1.99. The van der Waals surface area contributed by atoms with Crippen LogP contribution in [0.3, 0.4) is 0 Å². The summed E-state index contributed by atoms with van der Waals surface area (Å²) < 4.78 is 5.50. The zero-order chi connectivity index (χ0) is 18.9. The van der Waals surface area contributed by atoms with Crippen LogP contribution in [0, 0.1) is 0 Å². The fraction of sp³-hybridized carbons (Fsp3) is 0.300. The molecule has 0 aliphatic carbocycles. The lowest BCUT2D eigenvalue weighted by molar-refractivity contribution is -0.153. The van der Waals surface area contributed by atoms with Crippen molar-refractivity contribution in [2.75, 3.05) is 0 Å². The van der Waals surface area contributed by atoms with E-state index in [-0.39, 0.29) is 6.42 Å². The summed E-state index contributed by atoms with van der Waals surface area (Å²) in [4.78, 5) is 23.4. The van der Waals surface area contributed by atoms with Crippen molar-refractivity contribution in [1.29, 1.82) is 0 Å². The Morgan fingerprint density at radius 3 is 2.08 bits per heavy atom. The Morgan fingerprint density at radius 2 is 1.50 bits per heavy atom. The number of hydrogen-bond donors (Lipinski definition) is 3. The van der Waals surface area contributed by atoms with E-state index in [1.54, 1.807) is 24.3 Å². The van der Waals surface area contributed by atoms with Crippen molar-refractivity contribution in [3.63, 3.8) is 0 Å². The number of ether oxygens (including phenoxy) is 1. The fourth-order valence-corrected chi connectivity index (χ4v) is 2.56. The van der Waals surface area contributed by atoms with E-state index in [9.17, 15) is 9.59 Å². The molecular weight excluding hydrogens is 332 g/mol. The third-order valence-corrected chi connectivity index (χ3v) is 4.10. The summed E-state index contributed by atoms with van der Waals surface area (Å²) in [6.45, 7) is 0. The highest BCUT2D eigenvalue weighted by atomic mass is 16.5. The summed E-state index contributed by atoms with van der Waals surface area (Å²) in [5, 5.41) is 9.04. The average Bonchev–Trinajstić information content (AvgIpc) is 2.66. The Hall–Kier alpha value is -2.70. The van der Waals surface area contributed by atoms with Gasteiger partial charge in [-0.25, -0.2) is 0 Å². The standard InChI is InChI=1S/C20H24N2O4/c21-16(12-11-14-7-3-1-4-8-14)20(25)26-18(13-17(22)19(23)24)15-9-5-2-6-10-15/h1-10,16-18H,11-13,21-22H2,(H,23,24)/t16-,17?,18?/m0/s1. The highest BCUT2D eigenvalue weighted by Gasteiger charge is 2.26. The van der Waals surface area contributed by atoms with Gasteiger partial charge in [0.15, 0.2) is 0 Å². The molecule has 0 saturated carbocycles. The van der Waals surface area contributed by atoms with Gasteiger partial charge in [0.05, 0.1) is 0 Å². The number of carbonyl (C=O) groups excluding carboxylic acids is 1. The molecule has 2 rings (SSSR count). The van der Waals surface area contributed by atoms with E-state index in [0.29, 0.717) is 18.4 Å². The van der Waals surface area contributed by atoms with Gasteiger partial charge in [0.1, 0.15) is 18.2 Å². The summed E-state index contributed by atoms with van der Waals surface area (Å²) in [7, 11) is 0. The van der Waals surface area contributed by atoms with Crippen molar-refractivity contribution < 1.29 is 19.4 Å². The molecule has 3 atom stereocenters. The maximum atomic E-state index is 12.4. The molecular formula is C20H24N2O4. The molecule has 2 aromatic rings. The Kier molecular flexibility index (Phi) is 7.32. The lowest BCUT2D eigenvalue weighted by atomic mass is 10.0. The molecule has 0 heterocycles. The zero-order valence-corrected chi connectivity index (χ0v) is 14.5. The van der Waals surface area contributed by atoms with E-state index < -0.39 is 30.1 Å². The van der Waals surface area contributed by atoms with Gasteiger partial charge >= 0.3 is 11.9 Å². The molecule has 0 bridgehead atoms. The molecule has 2 aromatic carbocycles. The number of carboxylic acids is 1. The molecule has 0 saturated heterocycles. The van der Waals surface area contributed by atoms with Gasteiger partial charge in [0.2, 0.25) is 0 Å². The van der Waals surface area contributed by atoms with Crippen molar-refractivity contribution >= 4 is 11.9 Å². The van der Waals surface area contributed by atoms with Gasteiger partial charge in [-0.05, 0) is 24.0 Å². The van der Waals surface area contributed by atoms with Crippen LogP contribution in [0.5, 0.6) is 0 Å². The Labute approximate surface area is 152 Å². The first-order valence-electron chi connectivity index (χ1n) is 8.50. The number of carbonyl (C=O) groups is 2. The largest absolute Gasteiger partial charge is 0.480 e. The normalized spacial score (nSPS) is 14.2. The highest BCUT2D eigenvalue weighted by Crippen LogP contribution is 2.23. The molecule has 0 fully saturated rings. The van der Waals surface area contributed by atoms with E-state index >= 15 is 0 Å². The quantitative estimate of drug-likeness (QED) is 0.592. The summed E-state index contributed by atoms with van der Waals surface area (Å²) in [5.41, 5.74) is 13.4. The molecule has 0 aromatic heterocycles. The van der Waals surface area contributed by atoms with E-state index in [1.807, 2.05) is 36.4 Å². The van der Waals surface area contributed by atoms with Gasteiger partial charge in [0.25, 0.3) is 0 Å². The van der Waals surface area contributed by atoms with Crippen molar-refractivity contribution in [3.8, 4) is 0 Å². The second kappa shape index (κ2) is 9.70. The lowest BCUT2D eigenvalue weighted by Crippen LogP contribution is -2.36. The predicted octanol–water partition coefficient (Wildman–Crippen LogP) is 2.03. The maximum absolute atomic E-state index is 12.4. The minimum absolute atomic E-state index is 0.0174. The molecule has 26 heavy (non-hydrogen) atoms. The van der Waals surface area contributed by atoms with E-state index in [4.69, 9.17) is 21.3 Å². The predicted molar refractivity (Wildman–Crippen MR) is 98.2 cm³/mol. The number of hydrogen-bond acceptors (Lipinski definition) is 5. The maximum Gasteiger partial charge on any atom is 0.323 e. The molecule has 5 N–H and O–H groups in total. The smallest absolute Gasteiger partial charge is 0.323 e. The van der Waals surface area contributed by atoms with Crippen LogP contribution in [0.4, 0.5) is 0 Å². The van der Waals surface area contributed by atoms with Crippen LogP contribution in [-0.4, -0.2) is 29.1 Å². The molecule has 0 radical (unpaired) electrons. The summed E-state index contributed by atoms with van der Waals surface area (Å²) in [6.07, 6.45) is 0.325. The number of esters is 1. The number of nitrogens with two attached hydrogens (primary N) is 2. The molecule has 2 unspecified atom stereocenters. The fourth-order valence-electron chi connectivity index (χ4n) is 2.56. The van der Waals surface area contributed by atoms with Crippen LogP contribution in [0.25, 0.3) is 0 Å². The van der Waals surface area contributed by atoms with E-state index in [2.05, 4.69) is 0 Å². The van der Waals surface area contributed by atoms with Crippen LogP contribution in [0.1, 0.15) is 30.1 Å². The first-order valence-corrected chi connectivity index (χ1v) is 8.50. The number of carboxylic acid groups (broad SMARTS) is 1. The minimum atomic E-state index is -1.14. The summed E-state index contributed by atoms with van der Waals surface area (Å²) in [5.74, 6) is -1.71. The second-order valence-corrected chi connectivity index (χ2v) is 6.15. The van der Waals surface area contributed by atoms with Crippen molar-refractivity contribution in [2.45, 2.75) is 37.5 Å². The molecule has 138 valence electrons.